The van der Waals surface area contributed by atoms with Crippen LogP contribution in [0.4, 0.5) is 5.69 Å². The fraction of sp³-hybridized carbons (Fsp3) is 0.158. The van der Waals surface area contributed by atoms with Crippen molar-refractivity contribution >= 4 is 29.3 Å². The smallest absolute Gasteiger partial charge is 0.339 e. The van der Waals surface area contributed by atoms with Gasteiger partial charge >= 0.3 is 5.97 Å². The highest BCUT2D eigenvalue weighted by atomic mass is 32.2. The lowest BCUT2D eigenvalue weighted by Gasteiger charge is -2.08. The van der Waals surface area contributed by atoms with Gasteiger partial charge in [0.15, 0.2) is 0 Å². The van der Waals surface area contributed by atoms with Crippen molar-refractivity contribution < 1.29 is 18.8 Å². The van der Waals surface area contributed by atoms with Gasteiger partial charge in [-0.05, 0) is 19.1 Å². The summed E-state index contributed by atoms with van der Waals surface area (Å²) in [5, 5.41) is 6.91. The zero-order chi connectivity index (χ0) is 19.2. The Morgan fingerprint density at radius 2 is 1.89 bits per heavy atom. The van der Waals surface area contributed by atoms with Crippen LogP contribution in [0.1, 0.15) is 15.9 Å². The molecule has 0 spiro atoms. The van der Waals surface area contributed by atoms with E-state index in [9.17, 15) is 9.59 Å². The van der Waals surface area contributed by atoms with E-state index in [0.717, 1.165) is 22.9 Å². The first-order valence-corrected chi connectivity index (χ1v) is 9.06. The highest BCUT2D eigenvalue weighted by molar-refractivity contribution is 7.99. The number of aryl methyl sites for hydroxylation is 1. The number of thioether (sulfide) groups is 1. The number of ether oxygens (including phenoxy) is 1. The summed E-state index contributed by atoms with van der Waals surface area (Å²) in [4.78, 5) is 28.2. The van der Waals surface area contributed by atoms with Gasteiger partial charge in [-0.25, -0.2) is 4.79 Å². The molecule has 0 radical (unpaired) electrons. The van der Waals surface area contributed by atoms with Crippen LogP contribution in [0.2, 0.25) is 0 Å². The van der Waals surface area contributed by atoms with Crippen molar-refractivity contribution in [2.75, 3.05) is 18.2 Å². The summed E-state index contributed by atoms with van der Waals surface area (Å²) in [7, 11) is 1.29. The van der Waals surface area contributed by atoms with Gasteiger partial charge in [-0.1, -0.05) is 58.9 Å². The van der Waals surface area contributed by atoms with Crippen molar-refractivity contribution in [2.45, 2.75) is 12.1 Å². The molecule has 7 nitrogen and oxygen atoms in total. The summed E-state index contributed by atoms with van der Waals surface area (Å²) in [5.74, 6) is -0.288. The van der Waals surface area contributed by atoms with E-state index in [0.29, 0.717) is 16.7 Å². The Balaban J connectivity index is 1.60. The average molecular weight is 383 g/mol. The molecule has 1 N–H and O–H groups in total. The monoisotopic (exact) mass is 383 g/mol. The molecule has 0 fully saturated rings. The van der Waals surface area contributed by atoms with Gasteiger partial charge in [0.2, 0.25) is 11.7 Å². The highest BCUT2D eigenvalue weighted by Crippen LogP contribution is 2.22. The van der Waals surface area contributed by atoms with Crippen LogP contribution < -0.4 is 5.32 Å². The maximum Gasteiger partial charge on any atom is 0.339 e. The molecular weight excluding hydrogens is 366 g/mol. The zero-order valence-electron chi connectivity index (χ0n) is 14.8. The molecule has 0 saturated carbocycles. The molecule has 8 heteroatoms. The molecule has 0 bridgehead atoms. The molecule has 1 aromatic heterocycles. The summed E-state index contributed by atoms with van der Waals surface area (Å²) in [6, 6.07) is 14.4. The van der Waals surface area contributed by atoms with Gasteiger partial charge in [-0.15, -0.1) is 0 Å². The van der Waals surface area contributed by atoms with Crippen molar-refractivity contribution in [3.63, 3.8) is 0 Å². The third-order valence-corrected chi connectivity index (χ3v) is 4.47. The minimum absolute atomic E-state index is 0.0606. The molecule has 1 amide bonds. The number of nitrogens with one attached hydrogen (secondary N) is 1. The largest absolute Gasteiger partial charge is 0.465 e. The summed E-state index contributed by atoms with van der Waals surface area (Å²) >= 11 is 1.12. The summed E-state index contributed by atoms with van der Waals surface area (Å²) in [5.41, 5.74) is 2.66. The summed E-state index contributed by atoms with van der Waals surface area (Å²) in [6.45, 7) is 2.00. The molecule has 0 aliphatic carbocycles. The number of methoxy groups -OCH3 is 1. The maximum absolute atomic E-state index is 12.2. The normalized spacial score (nSPS) is 10.4. The number of para-hydroxylation sites is 1. The Hall–Kier alpha value is -3.13. The van der Waals surface area contributed by atoms with Crippen LogP contribution >= 0.6 is 11.8 Å². The van der Waals surface area contributed by atoms with Crippen LogP contribution in [-0.2, 0) is 9.53 Å². The molecule has 0 atom stereocenters. The number of esters is 1. The predicted octanol–water partition coefficient (Wildman–Crippen LogP) is 3.56. The van der Waals surface area contributed by atoms with Gasteiger partial charge in [0.1, 0.15) is 0 Å². The molecule has 0 unspecified atom stereocenters. The third-order valence-electron chi connectivity index (χ3n) is 3.65. The third kappa shape index (κ3) is 4.73. The number of benzene rings is 2. The van der Waals surface area contributed by atoms with E-state index >= 15 is 0 Å². The molecule has 27 heavy (non-hydrogen) atoms. The minimum Gasteiger partial charge on any atom is -0.465 e. The first-order valence-electron chi connectivity index (χ1n) is 8.07. The molecule has 1 heterocycles. The van der Waals surface area contributed by atoms with Crippen molar-refractivity contribution in [1.29, 1.82) is 0 Å². The van der Waals surface area contributed by atoms with E-state index in [2.05, 4.69) is 15.5 Å². The van der Waals surface area contributed by atoms with E-state index in [1.807, 2.05) is 31.2 Å². The maximum atomic E-state index is 12.2. The van der Waals surface area contributed by atoms with E-state index in [-0.39, 0.29) is 17.2 Å². The second-order valence-electron chi connectivity index (χ2n) is 5.62. The molecule has 0 aliphatic heterocycles. The van der Waals surface area contributed by atoms with Gasteiger partial charge in [-0.2, -0.15) is 4.98 Å². The van der Waals surface area contributed by atoms with E-state index in [4.69, 9.17) is 9.26 Å². The fourth-order valence-electron chi connectivity index (χ4n) is 2.28. The standard InChI is InChI=1S/C19H17N3O4S/c1-12-7-9-13(10-8-12)17-21-19(26-22-17)27-11-16(23)20-15-6-4-3-5-14(15)18(24)25-2/h3-10H,11H2,1-2H3,(H,20,23). The van der Waals surface area contributed by atoms with Crippen LogP contribution in [0.3, 0.4) is 0 Å². The molecular formula is C19H17N3O4S. The number of hydrogen-bond acceptors (Lipinski definition) is 7. The van der Waals surface area contributed by atoms with Crippen LogP contribution in [0.15, 0.2) is 58.3 Å². The van der Waals surface area contributed by atoms with E-state index < -0.39 is 5.97 Å². The highest BCUT2D eigenvalue weighted by Gasteiger charge is 2.15. The number of aromatic nitrogens is 2. The van der Waals surface area contributed by atoms with Crippen molar-refractivity contribution in [3.05, 3.63) is 59.7 Å². The number of rotatable bonds is 6. The Morgan fingerprint density at radius 3 is 2.63 bits per heavy atom. The molecule has 3 rings (SSSR count). The second-order valence-corrected chi connectivity index (χ2v) is 6.55. The Morgan fingerprint density at radius 1 is 1.15 bits per heavy atom. The SMILES string of the molecule is COC(=O)c1ccccc1NC(=O)CSc1nc(-c2ccc(C)cc2)no1. The number of anilines is 1. The number of amides is 1. The van der Waals surface area contributed by atoms with Crippen molar-refractivity contribution in [3.8, 4) is 11.4 Å². The van der Waals surface area contributed by atoms with Gasteiger partial charge in [0.25, 0.3) is 5.22 Å². The Bertz CT molecular complexity index is 954. The quantitative estimate of drug-likeness (QED) is 0.514. The number of hydrogen-bond donors (Lipinski definition) is 1. The first-order chi connectivity index (χ1) is 13.1. The average Bonchev–Trinajstić information content (AvgIpc) is 3.16. The van der Waals surface area contributed by atoms with Gasteiger partial charge < -0.3 is 14.6 Å². The van der Waals surface area contributed by atoms with Gasteiger partial charge in [-0.3, -0.25) is 4.79 Å². The van der Waals surface area contributed by atoms with E-state index in [1.54, 1.807) is 24.3 Å². The lowest BCUT2D eigenvalue weighted by molar-refractivity contribution is -0.113. The van der Waals surface area contributed by atoms with Crippen molar-refractivity contribution in [1.82, 2.24) is 10.1 Å². The molecule has 0 saturated heterocycles. The molecule has 2 aromatic carbocycles. The summed E-state index contributed by atoms with van der Waals surface area (Å²) in [6.07, 6.45) is 0. The minimum atomic E-state index is -0.516. The topological polar surface area (TPSA) is 94.3 Å². The molecule has 138 valence electrons. The number of carbonyl (C=O) groups excluding carboxylic acids is 2. The Labute approximate surface area is 160 Å². The number of carbonyl (C=O) groups is 2. The predicted molar refractivity (Wildman–Crippen MR) is 102 cm³/mol. The van der Waals surface area contributed by atoms with Crippen LogP contribution in [-0.4, -0.2) is 34.9 Å². The van der Waals surface area contributed by atoms with Crippen LogP contribution in [0, 0.1) is 6.92 Å². The fourth-order valence-corrected chi connectivity index (χ4v) is 2.85. The van der Waals surface area contributed by atoms with Gasteiger partial charge in [0, 0.05) is 5.56 Å². The second kappa shape index (κ2) is 8.50. The van der Waals surface area contributed by atoms with E-state index in [1.165, 1.54) is 7.11 Å². The zero-order valence-corrected chi connectivity index (χ0v) is 15.6. The first kappa shape index (κ1) is 18.7. The molecule has 0 aliphatic rings. The summed E-state index contributed by atoms with van der Waals surface area (Å²) < 4.78 is 9.89. The lowest BCUT2D eigenvalue weighted by Crippen LogP contribution is -2.17. The molecule has 3 aromatic rings. The van der Waals surface area contributed by atoms with Gasteiger partial charge in [0.05, 0.1) is 24.1 Å². The lowest BCUT2D eigenvalue weighted by atomic mass is 10.1. The Kier molecular flexibility index (Phi) is 5.87. The van der Waals surface area contributed by atoms with Crippen molar-refractivity contribution in [2.24, 2.45) is 0 Å². The van der Waals surface area contributed by atoms with Crippen LogP contribution in [0.25, 0.3) is 11.4 Å². The number of nitrogens with zero attached hydrogens (tertiary/aromatic N) is 2. The van der Waals surface area contributed by atoms with Crippen LogP contribution in [0.5, 0.6) is 0 Å².